The van der Waals surface area contributed by atoms with Gasteiger partial charge in [-0.25, -0.2) is 5.43 Å². The number of halogens is 3. The van der Waals surface area contributed by atoms with Crippen LogP contribution in [0.2, 0.25) is 15.1 Å². The first-order valence-electron chi connectivity index (χ1n) is 9.26. The minimum Gasteiger partial charge on any atom is -0.493 e. The molecular weight excluding hydrogens is 459 g/mol. The maximum Gasteiger partial charge on any atom is 0.244 e. The molecule has 31 heavy (non-hydrogen) atoms. The zero-order valence-electron chi connectivity index (χ0n) is 16.6. The van der Waals surface area contributed by atoms with E-state index in [0.717, 1.165) is 11.1 Å². The van der Waals surface area contributed by atoms with Crippen LogP contribution in [0.5, 0.6) is 11.5 Å². The fourth-order valence-corrected chi connectivity index (χ4v) is 3.48. The normalized spacial score (nSPS) is 10.8. The third-order valence-electron chi connectivity index (χ3n) is 4.25. The predicted octanol–water partition coefficient (Wildman–Crippen LogP) is 5.93. The highest BCUT2D eigenvalue weighted by molar-refractivity contribution is 6.35. The zero-order valence-corrected chi connectivity index (χ0v) is 18.8. The van der Waals surface area contributed by atoms with Crippen molar-refractivity contribution in [2.75, 3.05) is 7.11 Å². The molecule has 0 unspecified atom stereocenters. The number of methoxy groups -OCH3 is 1. The Bertz CT molecular complexity index is 1090. The van der Waals surface area contributed by atoms with Crippen LogP contribution in [-0.4, -0.2) is 19.2 Å². The number of carbonyl (C=O) groups excluding carboxylic acids is 1. The standard InChI is InChI=1S/C23H19Cl3N2O3/c1-30-21-10-16(13-27-28-22(29)11-15-5-3-2-4-6-15)9-20(26)23(21)31-14-17-7-8-18(24)12-19(17)25/h2-10,12-13H,11,14H2,1H3,(H,28,29). The van der Waals surface area contributed by atoms with E-state index >= 15 is 0 Å². The Hall–Kier alpha value is -2.73. The molecule has 0 heterocycles. The summed E-state index contributed by atoms with van der Waals surface area (Å²) in [6.07, 6.45) is 1.72. The smallest absolute Gasteiger partial charge is 0.244 e. The number of hydrogen-bond acceptors (Lipinski definition) is 4. The molecule has 1 N–H and O–H groups in total. The highest BCUT2D eigenvalue weighted by Gasteiger charge is 2.13. The summed E-state index contributed by atoms with van der Waals surface area (Å²) in [5, 5.41) is 5.37. The van der Waals surface area contributed by atoms with Crippen LogP contribution in [0.1, 0.15) is 16.7 Å². The lowest BCUT2D eigenvalue weighted by Gasteiger charge is -2.14. The average Bonchev–Trinajstić information content (AvgIpc) is 2.74. The van der Waals surface area contributed by atoms with E-state index in [4.69, 9.17) is 44.3 Å². The number of carbonyl (C=O) groups is 1. The van der Waals surface area contributed by atoms with Crippen molar-refractivity contribution in [3.63, 3.8) is 0 Å². The number of hydrogen-bond donors (Lipinski definition) is 1. The van der Waals surface area contributed by atoms with Gasteiger partial charge in [0.1, 0.15) is 6.61 Å². The number of hydrazone groups is 1. The number of benzene rings is 3. The third kappa shape index (κ3) is 6.62. The van der Waals surface area contributed by atoms with Crippen LogP contribution < -0.4 is 14.9 Å². The Morgan fingerprint density at radius 1 is 1.03 bits per heavy atom. The highest BCUT2D eigenvalue weighted by atomic mass is 35.5. The van der Waals surface area contributed by atoms with E-state index in [0.29, 0.717) is 32.1 Å². The summed E-state index contributed by atoms with van der Waals surface area (Å²) in [7, 11) is 1.51. The fourth-order valence-electron chi connectivity index (χ4n) is 2.74. The van der Waals surface area contributed by atoms with E-state index in [9.17, 15) is 4.79 Å². The van der Waals surface area contributed by atoms with Gasteiger partial charge in [0.15, 0.2) is 11.5 Å². The van der Waals surface area contributed by atoms with Crippen molar-refractivity contribution in [3.05, 3.63) is 92.4 Å². The van der Waals surface area contributed by atoms with Crippen molar-refractivity contribution < 1.29 is 14.3 Å². The first kappa shape index (κ1) is 22.9. The summed E-state index contributed by atoms with van der Waals surface area (Å²) in [6, 6.07) is 17.9. The number of amides is 1. The topological polar surface area (TPSA) is 59.9 Å². The minimum atomic E-state index is -0.222. The molecule has 5 nitrogen and oxygen atoms in total. The first-order chi connectivity index (χ1) is 15.0. The number of nitrogens with one attached hydrogen (secondary N) is 1. The van der Waals surface area contributed by atoms with Gasteiger partial charge in [-0.3, -0.25) is 4.79 Å². The zero-order chi connectivity index (χ0) is 22.2. The molecule has 0 fully saturated rings. The van der Waals surface area contributed by atoms with Crippen molar-refractivity contribution in [1.29, 1.82) is 0 Å². The quantitative estimate of drug-likeness (QED) is 0.323. The molecule has 3 aromatic carbocycles. The Balaban J connectivity index is 1.65. The molecule has 160 valence electrons. The molecule has 0 radical (unpaired) electrons. The van der Waals surface area contributed by atoms with Gasteiger partial charge in [-0.05, 0) is 35.4 Å². The number of nitrogens with zero attached hydrogens (tertiary/aromatic N) is 1. The molecule has 0 bridgehead atoms. The summed E-state index contributed by atoms with van der Waals surface area (Å²) in [5.41, 5.74) is 4.80. The van der Waals surface area contributed by atoms with E-state index in [1.807, 2.05) is 30.3 Å². The van der Waals surface area contributed by atoms with Gasteiger partial charge in [0, 0.05) is 15.6 Å². The molecule has 0 saturated carbocycles. The molecule has 3 aromatic rings. The van der Waals surface area contributed by atoms with Gasteiger partial charge in [-0.15, -0.1) is 0 Å². The SMILES string of the molecule is COc1cc(C=NNC(=O)Cc2ccccc2)cc(Cl)c1OCc1ccc(Cl)cc1Cl. The summed E-state index contributed by atoms with van der Waals surface area (Å²) in [5.74, 6) is 0.579. The second-order valence-electron chi connectivity index (χ2n) is 6.51. The molecular formula is C23H19Cl3N2O3. The second-order valence-corrected chi connectivity index (χ2v) is 7.76. The monoisotopic (exact) mass is 476 g/mol. The van der Waals surface area contributed by atoms with Crippen molar-refractivity contribution >= 4 is 46.9 Å². The third-order valence-corrected chi connectivity index (χ3v) is 5.12. The lowest BCUT2D eigenvalue weighted by molar-refractivity contribution is -0.120. The number of rotatable bonds is 8. The second kappa shape index (κ2) is 11.0. The van der Waals surface area contributed by atoms with Gasteiger partial charge < -0.3 is 9.47 Å². The van der Waals surface area contributed by atoms with Crippen molar-refractivity contribution in [3.8, 4) is 11.5 Å². The van der Waals surface area contributed by atoms with Crippen LogP contribution in [0.3, 0.4) is 0 Å². The Morgan fingerprint density at radius 2 is 1.81 bits per heavy atom. The molecule has 0 atom stereocenters. The molecule has 0 aromatic heterocycles. The maximum absolute atomic E-state index is 12.0. The van der Waals surface area contributed by atoms with Gasteiger partial charge in [-0.2, -0.15) is 5.10 Å². The molecule has 0 aliphatic heterocycles. The summed E-state index contributed by atoms with van der Waals surface area (Å²) in [6.45, 7) is 0.190. The summed E-state index contributed by atoms with van der Waals surface area (Å²) >= 11 is 18.5. The lowest BCUT2D eigenvalue weighted by Crippen LogP contribution is -2.19. The first-order valence-corrected chi connectivity index (χ1v) is 10.4. The van der Waals surface area contributed by atoms with Crippen molar-refractivity contribution in [1.82, 2.24) is 5.43 Å². The van der Waals surface area contributed by atoms with Gasteiger partial charge in [-0.1, -0.05) is 71.2 Å². The fraction of sp³-hybridized carbons (Fsp3) is 0.130. The van der Waals surface area contributed by atoms with Gasteiger partial charge >= 0.3 is 0 Å². The summed E-state index contributed by atoms with van der Waals surface area (Å²) < 4.78 is 11.2. The van der Waals surface area contributed by atoms with E-state index in [1.165, 1.54) is 13.3 Å². The van der Waals surface area contributed by atoms with Crippen LogP contribution in [0.4, 0.5) is 0 Å². The van der Waals surface area contributed by atoms with Gasteiger partial charge in [0.05, 0.1) is 24.8 Å². The largest absolute Gasteiger partial charge is 0.493 e. The van der Waals surface area contributed by atoms with Crippen LogP contribution in [0.15, 0.2) is 65.8 Å². The molecule has 0 aliphatic carbocycles. The van der Waals surface area contributed by atoms with Crippen LogP contribution in [0, 0.1) is 0 Å². The molecule has 1 amide bonds. The Morgan fingerprint density at radius 3 is 2.52 bits per heavy atom. The minimum absolute atomic E-state index is 0.190. The highest BCUT2D eigenvalue weighted by Crippen LogP contribution is 2.37. The Labute approximate surface area is 195 Å². The van der Waals surface area contributed by atoms with Gasteiger partial charge in [0.25, 0.3) is 0 Å². The van der Waals surface area contributed by atoms with E-state index in [1.54, 1.807) is 30.3 Å². The summed E-state index contributed by atoms with van der Waals surface area (Å²) in [4.78, 5) is 12.0. The molecule has 0 aliphatic rings. The van der Waals surface area contributed by atoms with Crippen LogP contribution in [0.25, 0.3) is 0 Å². The Kier molecular flexibility index (Phi) is 8.18. The lowest BCUT2D eigenvalue weighted by atomic mass is 10.1. The van der Waals surface area contributed by atoms with Crippen LogP contribution >= 0.6 is 34.8 Å². The average molecular weight is 478 g/mol. The van der Waals surface area contributed by atoms with Crippen molar-refractivity contribution in [2.45, 2.75) is 13.0 Å². The van der Waals surface area contributed by atoms with E-state index < -0.39 is 0 Å². The number of ether oxygens (including phenoxy) is 2. The van der Waals surface area contributed by atoms with Gasteiger partial charge in [0.2, 0.25) is 5.91 Å². The molecule has 8 heteroatoms. The molecule has 3 rings (SSSR count). The van der Waals surface area contributed by atoms with E-state index in [-0.39, 0.29) is 18.9 Å². The predicted molar refractivity (Wildman–Crippen MR) is 125 cm³/mol. The molecule has 0 spiro atoms. The molecule has 0 saturated heterocycles. The maximum atomic E-state index is 12.0. The van der Waals surface area contributed by atoms with Crippen molar-refractivity contribution in [2.24, 2.45) is 5.10 Å². The van der Waals surface area contributed by atoms with Crippen LogP contribution in [-0.2, 0) is 17.8 Å². The van der Waals surface area contributed by atoms with E-state index in [2.05, 4.69) is 10.5 Å².